The first kappa shape index (κ1) is 35.8. The van der Waals surface area contributed by atoms with Crippen molar-refractivity contribution >= 4 is 23.6 Å². The minimum Gasteiger partial charge on any atom is -0.342 e. The van der Waals surface area contributed by atoms with E-state index in [4.69, 9.17) is 0 Å². The lowest BCUT2D eigenvalue weighted by Crippen LogP contribution is -2.60. The van der Waals surface area contributed by atoms with Gasteiger partial charge in [-0.1, -0.05) is 47.1 Å². The van der Waals surface area contributed by atoms with Gasteiger partial charge < -0.3 is 20.0 Å². The summed E-state index contributed by atoms with van der Waals surface area (Å²) in [6, 6.07) is -1.48. The van der Waals surface area contributed by atoms with Gasteiger partial charge in [0, 0.05) is 38.3 Å². The monoisotopic (exact) mass is 589 g/mol. The SMILES string of the molecule is C/C(=C\C(C(C)C)N(C)C(=O)C(NC(=O)[C@H]1CCCCN1C(C)C)C(C)(C)C)C(=O)N1CCCC1C(=O)N(C)C(C)C. The number of nitrogens with one attached hydrogen (secondary N) is 1. The zero-order chi connectivity index (χ0) is 32.1. The molecule has 0 saturated carbocycles. The molecule has 0 aromatic heterocycles. The molecular weight excluding hydrogens is 530 g/mol. The number of carbonyl (C=O) groups is 4. The van der Waals surface area contributed by atoms with Gasteiger partial charge in [-0.3, -0.25) is 24.1 Å². The second kappa shape index (κ2) is 14.8. The highest BCUT2D eigenvalue weighted by molar-refractivity contribution is 5.97. The number of likely N-dealkylation sites (tertiary alicyclic amines) is 2. The lowest BCUT2D eigenvalue weighted by Gasteiger charge is -2.41. The zero-order valence-electron chi connectivity index (χ0n) is 28.5. The average Bonchev–Trinajstić information content (AvgIpc) is 3.41. The van der Waals surface area contributed by atoms with Crippen LogP contribution in [-0.4, -0.2) is 107 Å². The fourth-order valence-corrected chi connectivity index (χ4v) is 6.15. The second-order valence-corrected chi connectivity index (χ2v) is 14.4. The maximum Gasteiger partial charge on any atom is 0.249 e. The minimum absolute atomic E-state index is 0.0240. The van der Waals surface area contributed by atoms with Crippen molar-refractivity contribution < 1.29 is 19.2 Å². The van der Waals surface area contributed by atoms with Crippen molar-refractivity contribution in [2.75, 3.05) is 27.2 Å². The van der Waals surface area contributed by atoms with Gasteiger partial charge in [0.2, 0.25) is 23.6 Å². The second-order valence-electron chi connectivity index (χ2n) is 14.4. The minimum atomic E-state index is -0.719. The number of nitrogens with zero attached hydrogens (tertiary/aromatic N) is 4. The van der Waals surface area contributed by atoms with Crippen molar-refractivity contribution in [2.45, 2.75) is 138 Å². The van der Waals surface area contributed by atoms with Gasteiger partial charge in [0.25, 0.3) is 0 Å². The van der Waals surface area contributed by atoms with Gasteiger partial charge in [0.05, 0.1) is 12.1 Å². The van der Waals surface area contributed by atoms with Crippen molar-refractivity contribution in [1.29, 1.82) is 0 Å². The van der Waals surface area contributed by atoms with Crippen LogP contribution >= 0.6 is 0 Å². The Morgan fingerprint density at radius 2 is 1.45 bits per heavy atom. The summed E-state index contributed by atoms with van der Waals surface area (Å²) < 4.78 is 0. The molecule has 2 fully saturated rings. The third kappa shape index (κ3) is 8.57. The maximum absolute atomic E-state index is 14.1. The molecule has 2 aliphatic heterocycles. The van der Waals surface area contributed by atoms with E-state index in [-0.39, 0.29) is 53.7 Å². The van der Waals surface area contributed by atoms with Gasteiger partial charge in [0.1, 0.15) is 12.1 Å². The summed E-state index contributed by atoms with van der Waals surface area (Å²) in [6.07, 6.45) is 6.17. The lowest BCUT2D eigenvalue weighted by molar-refractivity contribution is -0.142. The molecule has 4 amide bonds. The molecule has 0 radical (unpaired) electrons. The molecule has 42 heavy (non-hydrogen) atoms. The van der Waals surface area contributed by atoms with Crippen LogP contribution in [0.25, 0.3) is 0 Å². The van der Waals surface area contributed by atoms with Crippen LogP contribution in [0.3, 0.4) is 0 Å². The van der Waals surface area contributed by atoms with Crippen LogP contribution in [0.2, 0.25) is 0 Å². The number of hydrogen-bond donors (Lipinski definition) is 1. The maximum atomic E-state index is 14.1. The molecular formula is C33H59N5O4. The van der Waals surface area contributed by atoms with Crippen LogP contribution in [0.1, 0.15) is 101 Å². The van der Waals surface area contributed by atoms with Gasteiger partial charge in [-0.2, -0.15) is 0 Å². The van der Waals surface area contributed by atoms with E-state index in [0.717, 1.165) is 32.2 Å². The van der Waals surface area contributed by atoms with E-state index in [1.54, 1.807) is 35.7 Å². The number of rotatable bonds is 10. The van der Waals surface area contributed by atoms with Crippen LogP contribution in [0, 0.1) is 11.3 Å². The molecule has 0 spiro atoms. The first-order valence-electron chi connectivity index (χ1n) is 16.0. The third-order valence-corrected chi connectivity index (χ3v) is 9.07. The van der Waals surface area contributed by atoms with Crippen molar-refractivity contribution in [3.8, 4) is 0 Å². The largest absolute Gasteiger partial charge is 0.342 e. The molecule has 0 aromatic carbocycles. The molecule has 4 atom stereocenters. The van der Waals surface area contributed by atoms with E-state index < -0.39 is 17.5 Å². The lowest BCUT2D eigenvalue weighted by atomic mass is 9.84. The van der Waals surface area contributed by atoms with Gasteiger partial charge in [-0.15, -0.1) is 0 Å². The number of piperidine rings is 1. The molecule has 0 bridgehead atoms. The van der Waals surface area contributed by atoms with Gasteiger partial charge >= 0.3 is 0 Å². The fraction of sp³-hybridized carbons (Fsp3) is 0.818. The van der Waals surface area contributed by atoms with Crippen molar-refractivity contribution in [3.05, 3.63) is 11.6 Å². The Balaban J connectivity index is 2.28. The van der Waals surface area contributed by atoms with Crippen LogP contribution in [0.5, 0.6) is 0 Å². The number of carbonyl (C=O) groups excluding carboxylic acids is 4. The smallest absolute Gasteiger partial charge is 0.249 e. The molecule has 2 saturated heterocycles. The highest BCUT2D eigenvalue weighted by Crippen LogP contribution is 2.27. The van der Waals surface area contributed by atoms with E-state index in [0.29, 0.717) is 18.5 Å². The molecule has 9 nitrogen and oxygen atoms in total. The van der Waals surface area contributed by atoms with Crippen molar-refractivity contribution in [2.24, 2.45) is 11.3 Å². The van der Waals surface area contributed by atoms with Crippen LogP contribution in [0.15, 0.2) is 11.6 Å². The Labute approximate surface area is 255 Å². The van der Waals surface area contributed by atoms with E-state index in [2.05, 4.69) is 24.1 Å². The van der Waals surface area contributed by atoms with E-state index in [9.17, 15) is 19.2 Å². The van der Waals surface area contributed by atoms with Crippen molar-refractivity contribution in [1.82, 2.24) is 24.9 Å². The Morgan fingerprint density at radius 3 is 1.98 bits per heavy atom. The highest BCUT2D eigenvalue weighted by Gasteiger charge is 2.41. The molecule has 3 unspecified atom stereocenters. The zero-order valence-corrected chi connectivity index (χ0v) is 28.5. The van der Waals surface area contributed by atoms with E-state index in [1.165, 1.54) is 0 Å². The number of likely N-dealkylation sites (N-methyl/N-ethyl adjacent to an activating group) is 2. The molecule has 2 rings (SSSR count). The highest BCUT2D eigenvalue weighted by atomic mass is 16.2. The van der Waals surface area contributed by atoms with Gasteiger partial charge in [-0.05, 0) is 78.2 Å². The summed E-state index contributed by atoms with van der Waals surface area (Å²) in [5.74, 6) is -0.443. The number of hydrogen-bond acceptors (Lipinski definition) is 5. The topological polar surface area (TPSA) is 93.3 Å². The standard InChI is InChI=1S/C33H59N5O4/c1-21(2)27(20-24(7)30(40)38-19-15-17-26(38)31(41)35(11)22(3)4)36(12)32(42)28(33(8,9)10)34-29(39)25-16-13-14-18-37(25)23(5)6/h20-23,25-28H,13-19H2,1-12H3,(H,34,39)/b24-20+/t25-,26?,27?,28?/m1/s1. The quantitative estimate of drug-likeness (QED) is 0.388. The summed E-state index contributed by atoms with van der Waals surface area (Å²) in [5.41, 5.74) is 0.00592. The van der Waals surface area contributed by atoms with E-state index >= 15 is 0 Å². The first-order valence-corrected chi connectivity index (χ1v) is 16.0. The van der Waals surface area contributed by atoms with Crippen LogP contribution < -0.4 is 5.32 Å². The van der Waals surface area contributed by atoms with Crippen LogP contribution in [-0.2, 0) is 19.2 Å². The van der Waals surface area contributed by atoms with Gasteiger partial charge in [0.15, 0.2) is 0 Å². The third-order valence-electron chi connectivity index (χ3n) is 9.07. The first-order chi connectivity index (χ1) is 19.4. The Morgan fingerprint density at radius 1 is 0.857 bits per heavy atom. The molecule has 9 heteroatoms. The predicted molar refractivity (Wildman–Crippen MR) is 169 cm³/mol. The molecule has 2 aliphatic rings. The summed E-state index contributed by atoms with van der Waals surface area (Å²) in [7, 11) is 3.54. The van der Waals surface area contributed by atoms with Crippen LogP contribution in [0.4, 0.5) is 0 Å². The Bertz CT molecular complexity index is 999. The predicted octanol–water partition coefficient (Wildman–Crippen LogP) is 4.07. The number of amides is 4. The molecule has 0 aliphatic carbocycles. The molecule has 240 valence electrons. The summed E-state index contributed by atoms with van der Waals surface area (Å²) in [4.78, 5) is 61.7. The van der Waals surface area contributed by atoms with Gasteiger partial charge in [-0.25, -0.2) is 0 Å². The fourth-order valence-electron chi connectivity index (χ4n) is 6.15. The van der Waals surface area contributed by atoms with E-state index in [1.807, 2.05) is 54.5 Å². The summed E-state index contributed by atoms with van der Waals surface area (Å²) in [6.45, 7) is 21.3. The molecule has 2 heterocycles. The Kier molecular flexibility index (Phi) is 12.6. The normalized spacial score (nSPS) is 22.0. The molecule has 0 aromatic rings. The summed E-state index contributed by atoms with van der Waals surface area (Å²) in [5, 5.41) is 3.13. The Hall–Kier alpha value is -2.42. The molecule has 1 N–H and O–H groups in total. The summed E-state index contributed by atoms with van der Waals surface area (Å²) >= 11 is 0. The average molecular weight is 590 g/mol. The van der Waals surface area contributed by atoms with Crippen molar-refractivity contribution in [3.63, 3.8) is 0 Å².